The molecule has 0 amide bonds. The minimum absolute atomic E-state index is 0.582. The van der Waals surface area contributed by atoms with Gasteiger partial charge in [0, 0.05) is 32.7 Å². The van der Waals surface area contributed by atoms with E-state index in [-0.39, 0.29) is 0 Å². The largest absolute Gasteiger partial charge is 0.493 e. The van der Waals surface area contributed by atoms with Crippen molar-refractivity contribution in [2.24, 2.45) is 4.99 Å². The van der Waals surface area contributed by atoms with Gasteiger partial charge in [-0.2, -0.15) is 0 Å². The maximum atomic E-state index is 5.38. The molecule has 3 rings (SSSR count). The highest BCUT2D eigenvalue weighted by Gasteiger charge is 2.14. The molecule has 0 aliphatic carbocycles. The van der Waals surface area contributed by atoms with E-state index in [9.17, 15) is 0 Å². The van der Waals surface area contributed by atoms with Gasteiger partial charge in [0.05, 0.1) is 20.8 Å². The molecule has 1 aliphatic heterocycles. The van der Waals surface area contributed by atoms with Crippen LogP contribution in [0.15, 0.2) is 47.5 Å². The van der Waals surface area contributed by atoms with Gasteiger partial charge in [0.1, 0.15) is 0 Å². The molecule has 0 saturated heterocycles. The maximum absolute atomic E-state index is 5.38. The highest BCUT2D eigenvalue weighted by atomic mass is 16.5. The molecule has 0 aromatic heterocycles. The maximum Gasteiger partial charge on any atom is 0.191 e. The fourth-order valence-corrected chi connectivity index (χ4v) is 3.75. The van der Waals surface area contributed by atoms with Crippen LogP contribution in [-0.2, 0) is 19.5 Å². The summed E-state index contributed by atoms with van der Waals surface area (Å²) in [4.78, 5) is 7.25. The molecule has 0 radical (unpaired) electrons. The van der Waals surface area contributed by atoms with Gasteiger partial charge < -0.3 is 20.1 Å². The number of methoxy groups -OCH3 is 2. The molecule has 1 aliphatic rings. The molecule has 0 atom stereocenters. The van der Waals surface area contributed by atoms with Gasteiger partial charge in [0.25, 0.3) is 0 Å². The van der Waals surface area contributed by atoms with Crippen LogP contribution in [0.5, 0.6) is 11.5 Å². The molecule has 0 unspecified atom stereocenters. The van der Waals surface area contributed by atoms with Crippen molar-refractivity contribution < 1.29 is 9.47 Å². The average molecular weight is 411 g/mol. The molecule has 0 fully saturated rings. The lowest BCUT2D eigenvalue weighted by molar-refractivity contribution is 0.251. The van der Waals surface area contributed by atoms with Crippen molar-refractivity contribution in [3.8, 4) is 11.5 Å². The average Bonchev–Trinajstić information content (AvgIpc) is 2.79. The molecule has 2 N–H and O–H groups in total. The lowest BCUT2D eigenvalue weighted by atomic mass is 10.00. The first kappa shape index (κ1) is 22.0. The normalized spacial score (nSPS) is 14.2. The summed E-state index contributed by atoms with van der Waals surface area (Å²) in [5, 5.41) is 6.78. The third kappa shape index (κ3) is 6.13. The van der Waals surface area contributed by atoms with Gasteiger partial charge >= 0.3 is 0 Å². The summed E-state index contributed by atoms with van der Waals surface area (Å²) in [6.45, 7) is 7.69. The summed E-state index contributed by atoms with van der Waals surface area (Å²) in [7, 11) is 3.29. The van der Waals surface area contributed by atoms with Gasteiger partial charge in [-0.1, -0.05) is 30.3 Å². The molecule has 0 spiro atoms. The number of nitrogens with zero attached hydrogens (tertiary/aromatic N) is 2. The number of hydrogen-bond donors (Lipinski definition) is 2. The molecule has 6 nitrogen and oxygen atoms in total. The van der Waals surface area contributed by atoms with Crippen molar-refractivity contribution in [3.05, 3.63) is 59.2 Å². The van der Waals surface area contributed by atoms with E-state index in [1.54, 1.807) is 14.2 Å². The van der Waals surface area contributed by atoms with E-state index >= 15 is 0 Å². The zero-order chi connectivity index (χ0) is 21.2. The number of benzene rings is 2. The molecule has 1 heterocycles. The second kappa shape index (κ2) is 11.5. The third-order valence-electron chi connectivity index (χ3n) is 5.37. The van der Waals surface area contributed by atoms with Crippen LogP contribution in [0.3, 0.4) is 0 Å². The highest BCUT2D eigenvalue weighted by molar-refractivity contribution is 5.79. The van der Waals surface area contributed by atoms with E-state index in [2.05, 4.69) is 46.7 Å². The van der Waals surface area contributed by atoms with E-state index in [1.807, 2.05) is 18.2 Å². The van der Waals surface area contributed by atoms with Crippen LogP contribution in [0, 0.1) is 0 Å². The van der Waals surface area contributed by atoms with Crippen molar-refractivity contribution in [1.82, 2.24) is 15.5 Å². The van der Waals surface area contributed by atoms with Gasteiger partial charge in [-0.25, -0.2) is 4.99 Å². The Bertz CT molecular complexity index is 838. The number of hydrogen-bond acceptors (Lipinski definition) is 4. The van der Waals surface area contributed by atoms with Gasteiger partial charge in [-0.05, 0) is 48.6 Å². The van der Waals surface area contributed by atoms with E-state index in [4.69, 9.17) is 14.5 Å². The van der Waals surface area contributed by atoms with Crippen molar-refractivity contribution >= 4 is 5.96 Å². The van der Waals surface area contributed by atoms with Crippen molar-refractivity contribution in [3.63, 3.8) is 0 Å². The van der Waals surface area contributed by atoms with Gasteiger partial charge in [-0.3, -0.25) is 4.90 Å². The molecular formula is C24H34N4O2. The molecular weight excluding hydrogens is 376 g/mol. The topological polar surface area (TPSA) is 58.1 Å². The number of nitrogens with one attached hydrogen (secondary N) is 2. The van der Waals surface area contributed by atoms with E-state index in [0.717, 1.165) is 68.6 Å². The minimum Gasteiger partial charge on any atom is -0.493 e. The summed E-state index contributed by atoms with van der Waals surface area (Å²) in [5.41, 5.74) is 4.06. The lowest BCUT2D eigenvalue weighted by Gasteiger charge is -2.28. The Balaban J connectivity index is 1.46. The summed E-state index contributed by atoms with van der Waals surface area (Å²) >= 11 is 0. The molecule has 6 heteroatoms. The minimum atomic E-state index is 0.582. The third-order valence-corrected chi connectivity index (χ3v) is 5.37. The Morgan fingerprint density at radius 1 is 1.03 bits per heavy atom. The fourth-order valence-electron chi connectivity index (χ4n) is 3.75. The SMILES string of the molecule is CCNC(=NCc1ccc(OC)c(OC)c1)NCCCN1CCc2ccccc2C1. The van der Waals surface area contributed by atoms with Gasteiger partial charge in [0.2, 0.25) is 0 Å². The Morgan fingerprint density at radius 2 is 1.83 bits per heavy atom. The smallest absolute Gasteiger partial charge is 0.191 e. The zero-order valence-electron chi connectivity index (χ0n) is 18.4. The standard InChI is InChI=1S/C24H34N4O2/c1-4-25-24(27-17-19-10-11-22(29-2)23(16-19)30-3)26-13-7-14-28-15-12-20-8-5-6-9-21(20)18-28/h5-6,8-11,16H,4,7,12-15,17-18H2,1-3H3,(H2,25,26,27). The first-order valence-corrected chi connectivity index (χ1v) is 10.8. The number of ether oxygens (including phenoxy) is 2. The van der Waals surface area contributed by atoms with E-state index in [1.165, 1.54) is 11.1 Å². The van der Waals surface area contributed by atoms with Gasteiger partial charge in [-0.15, -0.1) is 0 Å². The zero-order valence-corrected chi connectivity index (χ0v) is 18.4. The van der Waals surface area contributed by atoms with Crippen LogP contribution in [0.25, 0.3) is 0 Å². The molecule has 0 saturated carbocycles. The number of rotatable bonds is 9. The van der Waals surface area contributed by atoms with Crippen molar-refractivity contribution in [1.29, 1.82) is 0 Å². The van der Waals surface area contributed by atoms with Gasteiger partial charge in [0.15, 0.2) is 17.5 Å². The van der Waals surface area contributed by atoms with Crippen LogP contribution in [0.4, 0.5) is 0 Å². The Kier molecular flexibility index (Phi) is 8.39. The second-order valence-electron chi connectivity index (χ2n) is 7.46. The Hall–Kier alpha value is -2.73. The van der Waals surface area contributed by atoms with Crippen LogP contribution in [0.1, 0.15) is 30.0 Å². The van der Waals surface area contributed by atoms with Crippen LogP contribution < -0.4 is 20.1 Å². The summed E-state index contributed by atoms with van der Waals surface area (Å²) in [6.07, 6.45) is 2.24. The highest BCUT2D eigenvalue weighted by Crippen LogP contribution is 2.27. The van der Waals surface area contributed by atoms with Crippen LogP contribution in [-0.4, -0.2) is 51.3 Å². The first-order chi connectivity index (χ1) is 14.7. The Labute approximate surface area is 180 Å². The predicted molar refractivity (Wildman–Crippen MR) is 122 cm³/mol. The fraction of sp³-hybridized carbons (Fsp3) is 0.458. The Morgan fingerprint density at radius 3 is 2.60 bits per heavy atom. The summed E-state index contributed by atoms with van der Waals surface area (Å²) in [6, 6.07) is 14.7. The quantitative estimate of drug-likeness (QED) is 0.378. The molecule has 162 valence electrons. The van der Waals surface area contributed by atoms with Crippen molar-refractivity contribution in [2.45, 2.75) is 32.9 Å². The van der Waals surface area contributed by atoms with Crippen LogP contribution >= 0.6 is 0 Å². The molecule has 2 aromatic rings. The second-order valence-corrected chi connectivity index (χ2v) is 7.46. The monoisotopic (exact) mass is 410 g/mol. The molecule has 2 aromatic carbocycles. The van der Waals surface area contributed by atoms with Crippen molar-refractivity contribution in [2.75, 3.05) is 40.4 Å². The number of aliphatic imine (C=N–C) groups is 1. The summed E-state index contributed by atoms with van der Waals surface area (Å²) in [5.74, 6) is 2.30. The van der Waals surface area contributed by atoms with E-state index in [0.29, 0.717) is 6.54 Å². The lowest BCUT2D eigenvalue weighted by Crippen LogP contribution is -2.39. The summed E-state index contributed by atoms with van der Waals surface area (Å²) < 4.78 is 10.7. The van der Waals surface area contributed by atoms with Crippen LogP contribution in [0.2, 0.25) is 0 Å². The van der Waals surface area contributed by atoms with E-state index < -0.39 is 0 Å². The first-order valence-electron chi connectivity index (χ1n) is 10.8. The number of guanidine groups is 1. The molecule has 30 heavy (non-hydrogen) atoms. The number of fused-ring (bicyclic) bond motifs is 1. The molecule has 0 bridgehead atoms. The predicted octanol–water partition coefficient (Wildman–Crippen LogP) is 3.21.